The summed E-state index contributed by atoms with van der Waals surface area (Å²) in [5.41, 5.74) is 8.29. The van der Waals surface area contributed by atoms with E-state index in [9.17, 15) is 15.0 Å². The molecule has 0 bridgehead atoms. The molecule has 2 aliphatic rings. The minimum Gasteiger partial charge on any atom is -0.508 e. The van der Waals surface area contributed by atoms with Crippen LogP contribution in [0.25, 0.3) is 5.70 Å². The van der Waals surface area contributed by atoms with Crippen LogP contribution < -0.4 is 16.0 Å². The lowest BCUT2D eigenvalue weighted by molar-refractivity contribution is 0.0227. The highest BCUT2D eigenvalue weighted by Crippen LogP contribution is 2.27. The lowest BCUT2D eigenvalue weighted by Gasteiger charge is -2.21. The van der Waals surface area contributed by atoms with Crippen molar-refractivity contribution in [2.75, 3.05) is 29.9 Å². The molecule has 1 amide bonds. The highest BCUT2D eigenvalue weighted by molar-refractivity contribution is 6.05. The number of hydrogen-bond acceptors (Lipinski definition) is 8. The predicted octanol–water partition coefficient (Wildman–Crippen LogP) is 2.51. The monoisotopic (exact) mass is 451 g/mol. The molecule has 2 saturated heterocycles. The number of anilines is 2. The molecule has 2 aliphatic heterocycles. The van der Waals surface area contributed by atoms with Crippen LogP contribution in [0.4, 0.5) is 11.5 Å². The molecular formula is C24H29N5O4. The first-order valence-electron chi connectivity index (χ1n) is 11.1. The van der Waals surface area contributed by atoms with Crippen molar-refractivity contribution in [1.82, 2.24) is 4.98 Å². The summed E-state index contributed by atoms with van der Waals surface area (Å²) in [5.74, 6) is 0.385. The van der Waals surface area contributed by atoms with Gasteiger partial charge in [-0.1, -0.05) is 0 Å². The Morgan fingerprint density at radius 1 is 1.27 bits per heavy atom. The third-order valence-electron chi connectivity index (χ3n) is 5.69. The quantitative estimate of drug-likeness (QED) is 0.392. The van der Waals surface area contributed by atoms with Gasteiger partial charge in [0, 0.05) is 49.1 Å². The Hall–Kier alpha value is -3.43. The summed E-state index contributed by atoms with van der Waals surface area (Å²) in [5, 5.41) is 22.2. The SMILES string of the molecule is N/C(=C\C=N\C1CCCCO1)c1cc(C(=O)Nc2ccc(O)cc2)cnc1N1CC[C@@H](O)C1. The molecule has 4 rings (SSSR count). The maximum absolute atomic E-state index is 12.8. The number of aliphatic hydroxyl groups is 1. The van der Waals surface area contributed by atoms with Gasteiger partial charge in [0.05, 0.1) is 11.7 Å². The number of allylic oxidation sites excluding steroid dienone is 1. The molecule has 5 N–H and O–H groups in total. The van der Waals surface area contributed by atoms with Gasteiger partial charge in [0.15, 0.2) is 0 Å². The fourth-order valence-electron chi connectivity index (χ4n) is 3.88. The molecule has 1 aromatic carbocycles. The molecule has 3 heterocycles. The normalized spacial score (nSPS) is 21.5. The van der Waals surface area contributed by atoms with Crippen LogP contribution in [0.1, 0.15) is 41.6 Å². The van der Waals surface area contributed by atoms with Crippen LogP contribution in [0.15, 0.2) is 47.6 Å². The molecule has 0 saturated carbocycles. The van der Waals surface area contributed by atoms with Crippen molar-refractivity contribution < 1.29 is 19.7 Å². The lowest BCUT2D eigenvalue weighted by Crippen LogP contribution is -2.25. The van der Waals surface area contributed by atoms with Gasteiger partial charge in [-0.3, -0.25) is 9.79 Å². The van der Waals surface area contributed by atoms with Gasteiger partial charge in [0.1, 0.15) is 17.8 Å². The van der Waals surface area contributed by atoms with Gasteiger partial charge in [-0.05, 0) is 62.1 Å². The highest BCUT2D eigenvalue weighted by atomic mass is 16.5. The van der Waals surface area contributed by atoms with Crippen LogP contribution in [0.2, 0.25) is 0 Å². The summed E-state index contributed by atoms with van der Waals surface area (Å²) in [6.45, 7) is 1.82. The van der Waals surface area contributed by atoms with Gasteiger partial charge < -0.3 is 30.9 Å². The van der Waals surface area contributed by atoms with E-state index in [1.165, 1.54) is 18.3 Å². The number of carbonyl (C=O) groups is 1. The average molecular weight is 452 g/mol. The zero-order chi connectivity index (χ0) is 23.2. The number of amides is 1. The first-order chi connectivity index (χ1) is 16.0. The van der Waals surface area contributed by atoms with E-state index in [0.29, 0.717) is 54.4 Å². The van der Waals surface area contributed by atoms with E-state index >= 15 is 0 Å². The first kappa shape index (κ1) is 22.8. The van der Waals surface area contributed by atoms with E-state index in [2.05, 4.69) is 15.3 Å². The van der Waals surface area contributed by atoms with Gasteiger partial charge in [0.2, 0.25) is 0 Å². The fourth-order valence-corrected chi connectivity index (χ4v) is 3.88. The minimum atomic E-state index is -0.424. The molecule has 174 valence electrons. The number of hydrogen-bond donors (Lipinski definition) is 4. The van der Waals surface area contributed by atoms with Crippen molar-refractivity contribution in [3.63, 3.8) is 0 Å². The van der Waals surface area contributed by atoms with Crippen LogP contribution in [0.5, 0.6) is 5.75 Å². The number of benzene rings is 1. The molecule has 0 radical (unpaired) electrons. The van der Waals surface area contributed by atoms with Gasteiger partial charge in [-0.25, -0.2) is 4.98 Å². The summed E-state index contributed by atoms with van der Waals surface area (Å²) in [6, 6.07) is 7.91. The van der Waals surface area contributed by atoms with Crippen molar-refractivity contribution in [2.45, 2.75) is 38.0 Å². The van der Waals surface area contributed by atoms with E-state index in [4.69, 9.17) is 10.5 Å². The number of carbonyl (C=O) groups excluding carboxylic acids is 1. The number of aliphatic imine (C=N–C) groups is 1. The van der Waals surface area contributed by atoms with Crippen LogP contribution in [0.3, 0.4) is 0 Å². The Bertz CT molecular complexity index is 1030. The number of pyridine rings is 1. The topological polar surface area (TPSA) is 133 Å². The molecule has 1 unspecified atom stereocenters. The summed E-state index contributed by atoms with van der Waals surface area (Å²) < 4.78 is 5.61. The van der Waals surface area contributed by atoms with Crippen molar-refractivity contribution in [3.05, 3.63) is 53.7 Å². The molecule has 9 heteroatoms. The summed E-state index contributed by atoms with van der Waals surface area (Å²) in [6.07, 6.45) is 7.91. The number of ether oxygens (including phenoxy) is 1. The lowest BCUT2D eigenvalue weighted by atomic mass is 10.1. The summed E-state index contributed by atoms with van der Waals surface area (Å²) in [7, 11) is 0. The van der Waals surface area contributed by atoms with Gasteiger partial charge >= 0.3 is 0 Å². The number of β-amino-alcohol motifs (C(OH)–C–C–N with tert-alkyl or cyclic N) is 1. The number of nitrogens with one attached hydrogen (secondary N) is 1. The van der Waals surface area contributed by atoms with Crippen molar-refractivity contribution in [2.24, 2.45) is 10.7 Å². The number of phenolic OH excluding ortho intramolecular Hbond substituents is 1. The molecular weight excluding hydrogens is 422 g/mol. The van der Waals surface area contributed by atoms with Crippen molar-refractivity contribution in [3.8, 4) is 5.75 Å². The van der Waals surface area contributed by atoms with E-state index in [1.54, 1.807) is 30.5 Å². The molecule has 9 nitrogen and oxygen atoms in total. The highest BCUT2D eigenvalue weighted by Gasteiger charge is 2.25. The number of nitrogens with zero attached hydrogens (tertiary/aromatic N) is 3. The Kier molecular flexibility index (Phi) is 7.21. The second-order valence-electron chi connectivity index (χ2n) is 8.23. The molecule has 0 aliphatic carbocycles. The third kappa shape index (κ3) is 5.88. The number of phenols is 1. The zero-order valence-corrected chi connectivity index (χ0v) is 18.4. The van der Waals surface area contributed by atoms with Gasteiger partial charge in [-0.2, -0.15) is 0 Å². The van der Waals surface area contributed by atoms with Crippen molar-refractivity contribution in [1.29, 1.82) is 0 Å². The largest absolute Gasteiger partial charge is 0.508 e. The molecule has 1 aromatic heterocycles. The Labute approximate surface area is 192 Å². The summed E-state index contributed by atoms with van der Waals surface area (Å²) >= 11 is 0. The van der Waals surface area contributed by atoms with E-state index in [1.807, 2.05) is 4.90 Å². The Morgan fingerprint density at radius 3 is 2.79 bits per heavy atom. The van der Waals surface area contributed by atoms with E-state index < -0.39 is 6.10 Å². The third-order valence-corrected chi connectivity index (χ3v) is 5.69. The predicted molar refractivity (Wildman–Crippen MR) is 127 cm³/mol. The first-order valence-corrected chi connectivity index (χ1v) is 11.1. The zero-order valence-electron chi connectivity index (χ0n) is 18.4. The van der Waals surface area contributed by atoms with E-state index in [-0.39, 0.29) is 17.9 Å². The van der Waals surface area contributed by atoms with Crippen LogP contribution in [-0.2, 0) is 4.74 Å². The van der Waals surface area contributed by atoms with Crippen molar-refractivity contribution >= 4 is 29.3 Å². The smallest absolute Gasteiger partial charge is 0.257 e. The molecule has 2 atom stereocenters. The fraction of sp³-hybridized carbons (Fsp3) is 0.375. The number of nitrogens with two attached hydrogens (primary N) is 1. The van der Waals surface area contributed by atoms with Gasteiger partial charge in [0.25, 0.3) is 5.91 Å². The second kappa shape index (κ2) is 10.5. The average Bonchev–Trinajstić information content (AvgIpc) is 3.27. The number of rotatable bonds is 6. The van der Waals surface area contributed by atoms with Crippen LogP contribution >= 0.6 is 0 Å². The molecule has 2 aromatic rings. The molecule has 0 spiro atoms. The number of aromatic nitrogens is 1. The van der Waals surface area contributed by atoms with E-state index in [0.717, 1.165) is 19.3 Å². The second-order valence-corrected chi connectivity index (χ2v) is 8.23. The maximum atomic E-state index is 12.8. The summed E-state index contributed by atoms with van der Waals surface area (Å²) in [4.78, 5) is 23.7. The number of aliphatic hydroxyl groups excluding tert-OH is 1. The minimum absolute atomic E-state index is 0.118. The molecule has 2 fully saturated rings. The van der Waals surface area contributed by atoms with Crippen LogP contribution in [-0.4, -0.2) is 59.3 Å². The Morgan fingerprint density at radius 2 is 2.09 bits per heavy atom. The van der Waals surface area contributed by atoms with Gasteiger partial charge in [-0.15, -0.1) is 0 Å². The number of aromatic hydroxyl groups is 1. The van der Waals surface area contributed by atoms with Crippen LogP contribution in [0, 0.1) is 0 Å². The maximum Gasteiger partial charge on any atom is 0.257 e. The standard InChI is InChI=1S/C24H29N5O4/c25-21(8-10-26-22-3-1-2-12-33-22)20-13-16(14-27-23(20)29-11-9-19(31)15-29)24(32)28-17-4-6-18(30)7-5-17/h4-8,10,13-14,19,22,30-31H,1-3,9,11-12,15,25H2,(H,28,32)/b21-8-,26-10+/t19-,22?/m1/s1. The Balaban J connectivity index is 1.58. The molecule has 33 heavy (non-hydrogen) atoms.